The predicted octanol–water partition coefficient (Wildman–Crippen LogP) is 0.0944. The minimum absolute atomic E-state index is 0.0640. The third-order valence-corrected chi connectivity index (χ3v) is 3.62. The quantitative estimate of drug-likeness (QED) is 0.583. The molecule has 8 heteroatoms. The van der Waals surface area contributed by atoms with Crippen molar-refractivity contribution in [2.45, 2.75) is 13.0 Å². The molecule has 2 N–H and O–H groups in total. The van der Waals surface area contributed by atoms with Crippen molar-refractivity contribution in [3.05, 3.63) is 30.5 Å². The lowest BCUT2D eigenvalue weighted by atomic mass is 10.2. The van der Waals surface area contributed by atoms with Gasteiger partial charge in [0.25, 0.3) is 0 Å². The van der Waals surface area contributed by atoms with E-state index in [0.717, 1.165) is 17.3 Å². The van der Waals surface area contributed by atoms with E-state index in [1.807, 2.05) is 35.1 Å². The van der Waals surface area contributed by atoms with Gasteiger partial charge in [-0.3, -0.25) is 19.6 Å². The number of nitrogens with one attached hydrogen (secondary N) is 2. The summed E-state index contributed by atoms with van der Waals surface area (Å²) in [6.07, 6.45) is 2.54. The number of amides is 4. The van der Waals surface area contributed by atoms with Crippen LogP contribution in [-0.4, -0.2) is 52.2 Å². The second-order valence-corrected chi connectivity index (χ2v) is 5.34. The van der Waals surface area contributed by atoms with Crippen LogP contribution in [-0.2, 0) is 16.1 Å². The largest absolute Gasteiger partial charge is 0.354 e. The topological polar surface area (TPSA) is 96.3 Å². The first kappa shape index (κ1) is 15.0. The van der Waals surface area contributed by atoms with Crippen LogP contribution < -0.4 is 10.6 Å². The number of carbonyl (C=O) groups is 3. The Morgan fingerprint density at radius 2 is 2.13 bits per heavy atom. The van der Waals surface area contributed by atoms with Crippen LogP contribution in [0.5, 0.6) is 0 Å². The van der Waals surface area contributed by atoms with E-state index in [4.69, 9.17) is 0 Å². The summed E-state index contributed by atoms with van der Waals surface area (Å²) in [6, 6.07) is 7.42. The Hall–Kier alpha value is -2.90. The van der Waals surface area contributed by atoms with Crippen molar-refractivity contribution in [3.63, 3.8) is 0 Å². The molecule has 0 saturated carbocycles. The number of para-hydroxylation sites is 1. The predicted molar refractivity (Wildman–Crippen MR) is 82.5 cm³/mol. The first-order valence-corrected chi connectivity index (χ1v) is 7.39. The molecule has 23 heavy (non-hydrogen) atoms. The molecule has 0 aliphatic carbocycles. The van der Waals surface area contributed by atoms with Gasteiger partial charge in [-0.1, -0.05) is 18.2 Å². The second kappa shape index (κ2) is 6.47. The van der Waals surface area contributed by atoms with E-state index >= 15 is 0 Å². The maximum absolute atomic E-state index is 11.8. The molecule has 4 amide bonds. The van der Waals surface area contributed by atoms with Crippen LogP contribution in [0, 0.1) is 0 Å². The maximum Gasteiger partial charge on any atom is 0.325 e. The number of aromatic nitrogens is 2. The van der Waals surface area contributed by atoms with Gasteiger partial charge < -0.3 is 10.2 Å². The molecule has 2 heterocycles. The molecule has 120 valence electrons. The average molecular weight is 315 g/mol. The van der Waals surface area contributed by atoms with Crippen molar-refractivity contribution in [1.82, 2.24) is 25.3 Å². The Kier molecular flexibility index (Phi) is 4.22. The average Bonchev–Trinajstić information content (AvgIpc) is 3.07. The molecule has 3 rings (SSSR count). The number of urea groups is 1. The van der Waals surface area contributed by atoms with Crippen molar-refractivity contribution in [2.75, 3.05) is 19.6 Å². The highest BCUT2D eigenvalue weighted by atomic mass is 16.2. The van der Waals surface area contributed by atoms with E-state index in [-0.39, 0.29) is 24.9 Å². The molecular formula is C15H17N5O3. The molecule has 1 aromatic carbocycles. The van der Waals surface area contributed by atoms with Gasteiger partial charge in [0.05, 0.1) is 11.7 Å². The zero-order chi connectivity index (χ0) is 16.2. The van der Waals surface area contributed by atoms with Crippen molar-refractivity contribution >= 4 is 28.7 Å². The second-order valence-electron chi connectivity index (χ2n) is 5.34. The smallest absolute Gasteiger partial charge is 0.325 e. The molecule has 0 radical (unpaired) electrons. The summed E-state index contributed by atoms with van der Waals surface area (Å²) in [6.45, 7) is 1.00. The third-order valence-electron chi connectivity index (χ3n) is 3.62. The van der Waals surface area contributed by atoms with E-state index in [1.165, 1.54) is 4.90 Å². The Balaban J connectivity index is 1.42. The van der Waals surface area contributed by atoms with Crippen LogP contribution in [0.2, 0.25) is 0 Å². The molecule has 1 fully saturated rings. The summed E-state index contributed by atoms with van der Waals surface area (Å²) in [5, 5.41) is 10.3. The number of hydrogen-bond donors (Lipinski definition) is 2. The molecule has 1 aromatic heterocycles. The van der Waals surface area contributed by atoms with Crippen molar-refractivity contribution in [3.8, 4) is 0 Å². The van der Waals surface area contributed by atoms with Crippen LogP contribution in [0.15, 0.2) is 30.5 Å². The molecule has 1 aliphatic rings. The Morgan fingerprint density at radius 3 is 2.91 bits per heavy atom. The number of carbonyl (C=O) groups excluding carboxylic acids is 3. The summed E-state index contributed by atoms with van der Waals surface area (Å²) in [5.74, 6) is -0.659. The molecule has 0 bridgehead atoms. The SMILES string of the molecule is O=C(CN1CC(=O)NC1=O)NCCCn1ncc2ccccc21. The first-order chi connectivity index (χ1) is 11.1. The van der Waals surface area contributed by atoms with Crippen molar-refractivity contribution < 1.29 is 14.4 Å². The zero-order valence-electron chi connectivity index (χ0n) is 12.5. The highest BCUT2D eigenvalue weighted by Crippen LogP contribution is 2.12. The highest BCUT2D eigenvalue weighted by molar-refractivity contribution is 6.03. The molecule has 0 atom stereocenters. The standard InChI is InChI=1S/C15H17N5O3/c21-13(9-19-10-14(22)18-15(19)23)16-6-3-7-20-12-5-2-1-4-11(12)8-17-20/h1-2,4-5,8H,3,6-7,9-10H2,(H,16,21)(H,18,22,23). The van der Waals surface area contributed by atoms with E-state index < -0.39 is 6.03 Å². The van der Waals surface area contributed by atoms with Gasteiger partial charge >= 0.3 is 6.03 Å². The lowest BCUT2D eigenvalue weighted by Gasteiger charge is -2.12. The summed E-state index contributed by atoms with van der Waals surface area (Å²) < 4.78 is 1.90. The van der Waals surface area contributed by atoms with Gasteiger partial charge in [0.2, 0.25) is 11.8 Å². The van der Waals surface area contributed by atoms with Gasteiger partial charge in [-0.05, 0) is 12.5 Å². The fourth-order valence-corrected chi connectivity index (χ4v) is 2.50. The monoisotopic (exact) mass is 315 g/mol. The summed E-state index contributed by atoms with van der Waals surface area (Å²) in [7, 11) is 0. The lowest BCUT2D eigenvalue weighted by Crippen LogP contribution is -2.39. The van der Waals surface area contributed by atoms with Crippen molar-refractivity contribution in [1.29, 1.82) is 0 Å². The van der Waals surface area contributed by atoms with Crippen LogP contribution in [0.3, 0.4) is 0 Å². The third kappa shape index (κ3) is 3.47. The van der Waals surface area contributed by atoms with Crippen LogP contribution in [0.1, 0.15) is 6.42 Å². The van der Waals surface area contributed by atoms with Crippen LogP contribution in [0.4, 0.5) is 4.79 Å². The number of aryl methyl sites for hydroxylation is 1. The van der Waals surface area contributed by atoms with Crippen LogP contribution in [0.25, 0.3) is 10.9 Å². The minimum atomic E-state index is -0.520. The number of imide groups is 1. The number of benzene rings is 1. The van der Waals surface area contributed by atoms with Gasteiger partial charge in [-0.2, -0.15) is 5.10 Å². The van der Waals surface area contributed by atoms with Gasteiger partial charge in [-0.15, -0.1) is 0 Å². The molecule has 2 aromatic rings. The zero-order valence-corrected chi connectivity index (χ0v) is 12.5. The summed E-state index contributed by atoms with van der Waals surface area (Å²) in [4.78, 5) is 35.3. The number of fused-ring (bicyclic) bond motifs is 1. The normalized spacial score (nSPS) is 14.3. The Morgan fingerprint density at radius 1 is 1.30 bits per heavy atom. The maximum atomic E-state index is 11.8. The highest BCUT2D eigenvalue weighted by Gasteiger charge is 2.27. The van der Waals surface area contributed by atoms with E-state index in [1.54, 1.807) is 0 Å². The Bertz CT molecular complexity index is 754. The first-order valence-electron chi connectivity index (χ1n) is 7.39. The van der Waals surface area contributed by atoms with Gasteiger partial charge in [0, 0.05) is 18.5 Å². The minimum Gasteiger partial charge on any atom is -0.354 e. The number of rotatable bonds is 6. The molecular weight excluding hydrogens is 298 g/mol. The van der Waals surface area contributed by atoms with Gasteiger partial charge in [-0.25, -0.2) is 4.79 Å². The van der Waals surface area contributed by atoms with E-state index in [2.05, 4.69) is 15.7 Å². The molecule has 1 saturated heterocycles. The molecule has 0 unspecified atom stereocenters. The van der Waals surface area contributed by atoms with E-state index in [9.17, 15) is 14.4 Å². The van der Waals surface area contributed by atoms with Crippen molar-refractivity contribution in [2.24, 2.45) is 0 Å². The van der Waals surface area contributed by atoms with Crippen LogP contribution >= 0.6 is 0 Å². The Labute approximate surface area is 132 Å². The molecule has 0 spiro atoms. The fourth-order valence-electron chi connectivity index (χ4n) is 2.50. The number of nitrogens with zero attached hydrogens (tertiary/aromatic N) is 3. The summed E-state index contributed by atoms with van der Waals surface area (Å²) >= 11 is 0. The number of hydrogen-bond acceptors (Lipinski definition) is 4. The molecule has 8 nitrogen and oxygen atoms in total. The lowest BCUT2D eigenvalue weighted by molar-refractivity contribution is -0.122. The summed E-state index contributed by atoms with van der Waals surface area (Å²) in [5.41, 5.74) is 1.06. The van der Waals surface area contributed by atoms with E-state index in [0.29, 0.717) is 13.1 Å². The molecule has 1 aliphatic heterocycles. The fraction of sp³-hybridized carbons (Fsp3) is 0.333. The van der Waals surface area contributed by atoms with Gasteiger partial charge in [0.15, 0.2) is 0 Å². The van der Waals surface area contributed by atoms with Gasteiger partial charge in [0.1, 0.15) is 13.1 Å².